The Kier molecular flexibility index (Phi) is 6.60. The lowest BCUT2D eigenvalue weighted by molar-refractivity contribution is 0.661. The first-order chi connectivity index (χ1) is 26.5. The van der Waals surface area contributed by atoms with Crippen molar-refractivity contribution in [3.8, 4) is 56.2 Å². The van der Waals surface area contributed by atoms with Crippen LogP contribution in [0.1, 0.15) is 25.0 Å². The summed E-state index contributed by atoms with van der Waals surface area (Å²) in [6.45, 7) is 4.72. The van der Waals surface area contributed by atoms with Crippen LogP contribution in [0.25, 0.3) is 99.6 Å². The van der Waals surface area contributed by atoms with Crippen LogP contribution in [0.3, 0.4) is 0 Å². The normalized spacial score (nSPS) is 13.1. The number of para-hydroxylation sites is 1. The van der Waals surface area contributed by atoms with Crippen LogP contribution < -0.4 is 0 Å². The number of nitrogens with zero attached hydrogens (tertiary/aromatic N) is 2. The highest BCUT2D eigenvalue weighted by molar-refractivity contribution is 6.12. The van der Waals surface area contributed by atoms with Crippen LogP contribution in [0.2, 0.25) is 0 Å². The highest BCUT2D eigenvalue weighted by Crippen LogP contribution is 2.52. The van der Waals surface area contributed by atoms with Gasteiger partial charge in [0.15, 0.2) is 5.82 Å². The molecule has 54 heavy (non-hydrogen) atoms. The molecule has 11 rings (SSSR count). The summed E-state index contributed by atoms with van der Waals surface area (Å²) >= 11 is 0. The quantitative estimate of drug-likeness (QED) is 0.184. The molecule has 0 fully saturated rings. The van der Waals surface area contributed by atoms with Crippen molar-refractivity contribution in [3.63, 3.8) is 0 Å². The minimum Gasteiger partial charge on any atom is -0.456 e. The number of furan rings is 1. The van der Waals surface area contributed by atoms with Crippen molar-refractivity contribution in [2.45, 2.75) is 19.3 Å². The third kappa shape index (κ3) is 4.55. The number of fused-ring (bicyclic) bond motifs is 9. The molecule has 0 saturated heterocycles. The zero-order valence-corrected chi connectivity index (χ0v) is 30.0. The maximum absolute atomic E-state index is 6.29. The second kappa shape index (κ2) is 11.6. The maximum Gasteiger partial charge on any atom is 0.161 e. The van der Waals surface area contributed by atoms with Crippen molar-refractivity contribution in [2.75, 3.05) is 0 Å². The molecule has 0 unspecified atom stereocenters. The second-order valence-electron chi connectivity index (χ2n) is 14.9. The van der Waals surface area contributed by atoms with E-state index in [0.717, 1.165) is 55.4 Å². The zero-order valence-electron chi connectivity index (χ0n) is 30.0. The highest BCUT2D eigenvalue weighted by atomic mass is 16.3. The van der Waals surface area contributed by atoms with Crippen molar-refractivity contribution in [1.29, 1.82) is 0 Å². The molecular weight excluding hydrogens is 657 g/mol. The van der Waals surface area contributed by atoms with Crippen molar-refractivity contribution < 1.29 is 4.42 Å². The molecule has 2 aromatic heterocycles. The fourth-order valence-electron chi connectivity index (χ4n) is 8.87. The van der Waals surface area contributed by atoms with E-state index < -0.39 is 0 Å². The van der Waals surface area contributed by atoms with E-state index in [1.54, 1.807) is 0 Å². The summed E-state index contributed by atoms with van der Waals surface area (Å²) in [5, 5.41) is 7.03. The molecular formula is C51H34N2O. The molecule has 1 aliphatic rings. The molecule has 0 radical (unpaired) electrons. The van der Waals surface area contributed by atoms with Gasteiger partial charge in [-0.1, -0.05) is 153 Å². The van der Waals surface area contributed by atoms with E-state index in [4.69, 9.17) is 14.4 Å². The predicted octanol–water partition coefficient (Wildman–Crippen LogP) is 13.7. The number of hydrogen-bond donors (Lipinski definition) is 0. The first-order valence-electron chi connectivity index (χ1n) is 18.6. The summed E-state index contributed by atoms with van der Waals surface area (Å²) in [5.41, 5.74) is 14.2. The van der Waals surface area contributed by atoms with E-state index in [9.17, 15) is 0 Å². The fourth-order valence-corrected chi connectivity index (χ4v) is 8.87. The molecule has 1 aliphatic carbocycles. The lowest BCUT2D eigenvalue weighted by Gasteiger charge is -2.22. The second-order valence-corrected chi connectivity index (χ2v) is 14.9. The topological polar surface area (TPSA) is 38.9 Å². The Morgan fingerprint density at radius 1 is 0.426 bits per heavy atom. The SMILES string of the molecule is CC1(C)c2cc(-c3ccc(-c4nc(-c5ccccc5)cc(-c5cccc6oc7ccccc7c56)n4)c4ccccc34)ccc2-c2c1ccc1ccccc21. The van der Waals surface area contributed by atoms with Crippen molar-refractivity contribution >= 4 is 43.5 Å². The van der Waals surface area contributed by atoms with Gasteiger partial charge in [-0.15, -0.1) is 0 Å². The summed E-state index contributed by atoms with van der Waals surface area (Å²) in [4.78, 5) is 10.6. The van der Waals surface area contributed by atoms with E-state index in [2.05, 4.69) is 153 Å². The smallest absolute Gasteiger partial charge is 0.161 e. The molecule has 0 saturated carbocycles. The van der Waals surface area contributed by atoms with E-state index in [-0.39, 0.29) is 5.41 Å². The van der Waals surface area contributed by atoms with Gasteiger partial charge in [-0.2, -0.15) is 0 Å². The van der Waals surface area contributed by atoms with E-state index in [0.29, 0.717) is 5.82 Å². The fraction of sp³-hybridized carbons (Fsp3) is 0.0588. The number of aromatic nitrogens is 2. The molecule has 0 bridgehead atoms. The van der Waals surface area contributed by atoms with E-state index in [1.807, 2.05) is 30.3 Å². The minimum atomic E-state index is -0.119. The lowest BCUT2D eigenvalue weighted by Crippen LogP contribution is -2.15. The molecule has 8 aromatic carbocycles. The Morgan fingerprint density at radius 3 is 1.94 bits per heavy atom. The van der Waals surface area contributed by atoms with Crippen LogP contribution in [-0.4, -0.2) is 9.97 Å². The summed E-state index contributed by atoms with van der Waals surface area (Å²) in [6, 6.07) is 60.5. The Hall–Kier alpha value is -6.84. The van der Waals surface area contributed by atoms with Crippen LogP contribution in [0.15, 0.2) is 174 Å². The molecule has 3 heteroatoms. The lowest BCUT2D eigenvalue weighted by atomic mass is 9.81. The number of hydrogen-bond acceptors (Lipinski definition) is 3. The van der Waals surface area contributed by atoms with Crippen molar-refractivity contribution in [2.24, 2.45) is 0 Å². The molecule has 0 atom stereocenters. The van der Waals surface area contributed by atoms with Crippen LogP contribution in [0, 0.1) is 0 Å². The molecule has 3 nitrogen and oxygen atoms in total. The van der Waals surface area contributed by atoms with Gasteiger partial charge < -0.3 is 4.42 Å². The van der Waals surface area contributed by atoms with Gasteiger partial charge in [-0.25, -0.2) is 9.97 Å². The first-order valence-corrected chi connectivity index (χ1v) is 18.6. The summed E-state index contributed by atoms with van der Waals surface area (Å²) in [6.07, 6.45) is 0. The Morgan fingerprint density at radius 2 is 1.09 bits per heavy atom. The summed E-state index contributed by atoms with van der Waals surface area (Å²) < 4.78 is 6.29. The van der Waals surface area contributed by atoms with Gasteiger partial charge in [0.2, 0.25) is 0 Å². The van der Waals surface area contributed by atoms with Crippen LogP contribution >= 0.6 is 0 Å². The Labute approximate surface area is 313 Å². The molecule has 0 amide bonds. The van der Waals surface area contributed by atoms with Gasteiger partial charge in [-0.05, 0) is 85.3 Å². The third-order valence-corrected chi connectivity index (χ3v) is 11.5. The molecule has 0 aliphatic heterocycles. The monoisotopic (exact) mass is 690 g/mol. The minimum absolute atomic E-state index is 0.119. The van der Waals surface area contributed by atoms with Crippen LogP contribution in [0.4, 0.5) is 0 Å². The zero-order chi connectivity index (χ0) is 36.0. The Bertz CT molecular complexity index is 3130. The molecule has 0 spiro atoms. The molecule has 254 valence electrons. The first kappa shape index (κ1) is 30.8. The summed E-state index contributed by atoms with van der Waals surface area (Å²) in [5.74, 6) is 0.691. The van der Waals surface area contributed by atoms with Crippen LogP contribution in [0.5, 0.6) is 0 Å². The van der Waals surface area contributed by atoms with Crippen molar-refractivity contribution in [1.82, 2.24) is 9.97 Å². The van der Waals surface area contributed by atoms with Gasteiger partial charge in [0, 0.05) is 32.9 Å². The van der Waals surface area contributed by atoms with E-state index in [1.165, 1.54) is 49.5 Å². The highest BCUT2D eigenvalue weighted by Gasteiger charge is 2.36. The number of rotatable bonds is 4. The third-order valence-electron chi connectivity index (χ3n) is 11.5. The molecule has 10 aromatic rings. The van der Waals surface area contributed by atoms with Gasteiger partial charge in [0.05, 0.1) is 11.4 Å². The summed E-state index contributed by atoms with van der Waals surface area (Å²) in [7, 11) is 0. The average molecular weight is 691 g/mol. The maximum atomic E-state index is 6.29. The van der Waals surface area contributed by atoms with E-state index >= 15 is 0 Å². The van der Waals surface area contributed by atoms with Gasteiger partial charge in [0.25, 0.3) is 0 Å². The Balaban J connectivity index is 1.10. The van der Waals surface area contributed by atoms with Gasteiger partial charge in [0.1, 0.15) is 11.2 Å². The van der Waals surface area contributed by atoms with Gasteiger partial charge >= 0.3 is 0 Å². The number of benzene rings is 8. The van der Waals surface area contributed by atoms with Crippen molar-refractivity contribution in [3.05, 3.63) is 181 Å². The average Bonchev–Trinajstić information content (AvgIpc) is 3.72. The van der Waals surface area contributed by atoms with Gasteiger partial charge in [-0.3, -0.25) is 0 Å². The van der Waals surface area contributed by atoms with Crippen LogP contribution in [-0.2, 0) is 5.41 Å². The molecule has 0 N–H and O–H groups in total. The molecule has 2 heterocycles. The largest absolute Gasteiger partial charge is 0.456 e. The predicted molar refractivity (Wildman–Crippen MR) is 224 cm³/mol. The standard InChI is InChI=1S/C51H34N2O/c1-51(2)42-28-24-31-13-6-7-16-35(31)48(42)39-25-23-33(29-43(39)51)34-26-27-38(37-18-9-8-17-36(34)37)50-52-44(32-14-4-3-5-15-32)30-45(53-50)40-20-12-22-47-49(40)41-19-10-11-21-46(41)54-47/h3-30H,1-2H3.